The van der Waals surface area contributed by atoms with Gasteiger partial charge in [0.15, 0.2) is 0 Å². The van der Waals surface area contributed by atoms with Gasteiger partial charge in [-0.3, -0.25) is 0 Å². The van der Waals surface area contributed by atoms with Crippen molar-refractivity contribution < 1.29 is 9.47 Å². The van der Waals surface area contributed by atoms with Gasteiger partial charge >= 0.3 is 0 Å². The molecule has 0 aromatic carbocycles. The highest BCUT2D eigenvalue weighted by atomic mass is 16.5. The summed E-state index contributed by atoms with van der Waals surface area (Å²) in [5, 5.41) is 0. The van der Waals surface area contributed by atoms with E-state index in [2.05, 4.69) is 23.0 Å². The highest BCUT2D eigenvalue weighted by Gasteiger charge is 1.94. The van der Waals surface area contributed by atoms with Gasteiger partial charge in [-0.05, 0) is 25.0 Å². The van der Waals surface area contributed by atoms with E-state index in [0.717, 1.165) is 19.6 Å². The highest BCUT2D eigenvalue weighted by Crippen LogP contribution is 2.00. The lowest BCUT2D eigenvalue weighted by molar-refractivity contribution is 0.0541. The number of rotatable bonds is 7. The van der Waals surface area contributed by atoms with Crippen molar-refractivity contribution in [2.75, 3.05) is 26.4 Å². The van der Waals surface area contributed by atoms with E-state index in [1.807, 2.05) is 14.0 Å². The quantitative estimate of drug-likeness (QED) is 0.620. The molecular formula is C11H19NO2. The van der Waals surface area contributed by atoms with Gasteiger partial charge in [-0.1, -0.05) is 0 Å². The Morgan fingerprint density at radius 1 is 1.21 bits per heavy atom. The Kier molecular flexibility index (Phi) is 5.33. The Labute approximate surface area is 85.6 Å². The second-order valence-corrected chi connectivity index (χ2v) is 3.24. The summed E-state index contributed by atoms with van der Waals surface area (Å²) >= 11 is 0. The summed E-state index contributed by atoms with van der Waals surface area (Å²) in [7, 11) is 2.03. The largest absolute Gasteiger partial charge is 0.379 e. The van der Waals surface area contributed by atoms with Gasteiger partial charge in [0.05, 0.1) is 19.8 Å². The van der Waals surface area contributed by atoms with Crippen molar-refractivity contribution in [1.29, 1.82) is 0 Å². The first-order chi connectivity index (χ1) is 6.83. The fraction of sp³-hybridized carbons (Fsp3) is 0.636. The summed E-state index contributed by atoms with van der Waals surface area (Å²) in [6.45, 7) is 4.93. The van der Waals surface area contributed by atoms with Gasteiger partial charge in [0, 0.05) is 26.0 Å². The van der Waals surface area contributed by atoms with E-state index in [9.17, 15) is 0 Å². The summed E-state index contributed by atoms with van der Waals surface area (Å²) in [5.41, 5.74) is 1.32. The fourth-order valence-electron chi connectivity index (χ4n) is 1.26. The number of hydrogen-bond donors (Lipinski definition) is 0. The van der Waals surface area contributed by atoms with Crippen LogP contribution in [-0.2, 0) is 22.9 Å². The topological polar surface area (TPSA) is 23.4 Å². The molecule has 0 aliphatic carbocycles. The lowest BCUT2D eigenvalue weighted by Gasteiger charge is -2.02. The van der Waals surface area contributed by atoms with Crippen LogP contribution in [0, 0.1) is 0 Å². The van der Waals surface area contributed by atoms with E-state index in [1.54, 1.807) is 0 Å². The van der Waals surface area contributed by atoms with Gasteiger partial charge in [-0.25, -0.2) is 0 Å². The first-order valence-corrected chi connectivity index (χ1v) is 5.09. The van der Waals surface area contributed by atoms with Crippen LogP contribution in [0.1, 0.15) is 12.5 Å². The minimum Gasteiger partial charge on any atom is -0.379 e. The number of ether oxygens (including phenoxy) is 2. The van der Waals surface area contributed by atoms with Crippen LogP contribution < -0.4 is 0 Å². The summed E-state index contributed by atoms with van der Waals surface area (Å²) in [5.74, 6) is 0. The summed E-state index contributed by atoms with van der Waals surface area (Å²) in [6.07, 6.45) is 5.15. The van der Waals surface area contributed by atoms with Crippen molar-refractivity contribution in [2.24, 2.45) is 7.05 Å². The van der Waals surface area contributed by atoms with Crippen molar-refractivity contribution in [2.45, 2.75) is 13.3 Å². The fourth-order valence-corrected chi connectivity index (χ4v) is 1.26. The second-order valence-electron chi connectivity index (χ2n) is 3.24. The Morgan fingerprint density at radius 3 is 2.64 bits per heavy atom. The Hall–Kier alpha value is -0.800. The molecule has 0 aliphatic heterocycles. The zero-order valence-corrected chi connectivity index (χ0v) is 9.03. The molecule has 0 spiro atoms. The lowest BCUT2D eigenvalue weighted by Crippen LogP contribution is -2.06. The van der Waals surface area contributed by atoms with Crippen molar-refractivity contribution >= 4 is 0 Å². The number of aryl methyl sites for hydroxylation is 1. The first kappa shape index (κ1) is 11.3. The molecule has 0 aliphatic rings. The predicted molar refractivity (Wildman–Crippen MR) is 56.4 cm³/mol. The van der Waals surface area contributed by atoms with Crippen LogP contribution in [0.4, 0.5) is 0 Å². The third-order valence-corrected chi connectivity index (χ3v) is 2.00. The normalized spacial score (nSPS) is 10.7. The maximum atomic E-state index is 5.41. The molecule has 1 aromatic heterocycles. The smallest absolute Gasteiger partial charge is 0.0700 e. The van der Waals surface area contributed by atoms with E-state index in [0.29, 0.717) is 13.2 Å². The van der Waals surface area contributed by atoms with Crippen molar-refractivity contribution in [3.05, 3.63) is 24.0 Å². The van der Waals surface area contributed by atoms with E-state index in [4.69, 9.17) is 9.47 Å². The SMILES string of the molecule is CCOCCOCCc1ccn(C)c1. The molecule has 0 fully saturated rings. The van der Waals surface area contributed by atoms with Crippen LogP contribution in [-0.4, -0.2) is 31.0 Å². The van der Waals surface area contributed by atoms with Crippen molar-refractivity contribution in [1.82, 2.24) is 4.57 Å². The molecule has 80 valence electrons. The van der Waals surface area contributed by atoms with Crippen LogP contribution in [0.5, 0.6) is 0 Å². The van der Waals surface area contributed by atoms with Gasteiger partial charge in [0.1, 0.15) is 0 Å². The molecule has 3 nitrogen and oxygen atoms in total. The molecule has 0 radical (unpaired) electrons. The van der Waals surface area contributed by atoms with Gasteiger partial charge in [-0.15, -0.1) is 0 Å². The van der Waals surface area contributed by atoms with E-state index >= 15 is 0 Å². The van der Waals surface area contributed by atoms with Gasteiger partial charge in [0.25, 0.3) is 0 Å². The predicted octanol–water partition coefficient (Wildman–Crippen LogP) is 1.62. The van der Waals surface area contributed by atoms with Crippen LogP contribution >= 0.6 is 0 Å². The third kappa shape index (κ3) is 4.44. The molecule has 3 heteroatoms. The second kappa shape index (κ2) is 6.62. The molecule has 0 amide bonds. The molecule has 0 N–H and O–H groups in total. The molecular weight excluding hydrogens is 178 g/mol. The minimum absolute atomic E-state index is 0.695. The molecule has 0 saturated heterocycles. The van der Waals surface area contributed by atoms with Gasteiger partial charge in [0.2, 0.25) is 0 Å². The van der Waals surface area contributed by atoms with Crippen LogP contribution in [0.2, 0.25) is 0 Å². The van der Waals surface area contributed by atoms with E-state index in [-0.39, 0.29) is 0 Å². The first-order valence-electron chi connectivity index (χ1n) is 5.09. The third-order valence-electron chi connectivity index (χ3n) is 2.00. The minimum atomic E-state index is 0.695. The standard InChI is InChI=1S/C11H19NO2/c1-3-13-8-9-14-7-5-11-4-6-12(2)10-11/h4,6,10H,3,5,7-9H2,1-2H3. The zero-order chi connectivity index (χ0) is 10.2. The lowest BCUT2D eigenvalue weighted by atomic mass is 10.2. The van der Waals surface area contributed by atoms with Crippen molar-refractivity contribution in [3.63, 3.8) is 0 Å². The van der Waals surface area contributed by atoms with E-state index in [1.165, 1.54) is 5.56 Å². The van der Waals surface area contributed by atoms with Crippen molar-refractivity contribution in [3.8, 4) is 0 Å². The summed E-state index contributed by atoms with van der Waals surface area (Å²) in [6, 6.07) is 2.12. The Bertz CT molecular complexity index is 245. The summed E-state index contributed by atoms with van der Waals surface area (Å²) < 4.78 is 12.6. The molecule has 0 unspecified atom stereocenters. The zero-order valence-electron chi connectivity index (χ0n) is 9.03. The molecule has 1 rings (SSSR count). The molecule has 0 saturated carbocycles. The molecule has 0 bridgehead atoms. The maximum Gasteiger partial charge on any atom is 0.0700 e. The monoisotopic (exact) mass is 197 g/mol. The van der Waals surface area contributed by atoms with Crippen LogP contribution in [0.3, 0.4) is 0 Å². The average molecular weight is 197 g/mol. The Balaban J connectivity index is 1.99. The van der Waals surface area contributed by atoms with Gasteiger partial charge < -0.3 is 14.0 Å². The van der Waals surface area contributed by atoms with Gasteiger partial charge in [-0.2, -0.15) is 0 Å². The van der Waals surface area contributed by atoms with Crippen LogP contribution in [0.25, 0.3) is 0 Å². The number of aromatic nitrogens is 1. The summed E-state index contributed by atoms with van der Waals surface area (Å²) in [4.78, 5) is 0. The van der Waals surface area contributed by atoms with E-state index < -0.39 is 0 Å². The highest BCUT2D eigenvalue weighted by molar-refractivity contribution is 5.09. The van der Waals surface area contributed by atoms with Crippen LogP contribution in [0.15, 0.2) is 18.5 Å². The molecule has 1 heterocycles. The Morgan fingerprint density at radius 2 is 2.00 bits per heavy atom. The maximum absolute atomic E-state index is 5.41. The number of nitrogens with zero attached hydrogens (tertiary/aromatic N) is 1. The molecule has 0 atom stereocenters. The molecule has 1 aromatic rings. The average Bonchev–Trinajstić information content (AvgIpc) is 2.58. The number of hydrogen-bond acceptors (Lipinski definition) is 2. The molecule has 14 heavy (non-hydrogen) atoms.